The maximum Gasteiger partial charge on any atom is 0.270 e. The standard InChI is InChI=1S/C3HClFNS/c4-2-1-7-3(5)6-2/h1H. The molecule has 4 heteroatoms. The first-order valence-corrected chi connectivity index (χ1v) is 2.81. The van der Waals surface area contributed by atoms with Crippen LogP contribution in [0.5, 0.6) is 0 Å². The number of thiazole rings is 1. The molecule has 1 heterocycles. The van der Waals surface area contributed by atoms with Crippen molar-refractivity contribution >= 4 is 22.9 Å². The van der Waals surface area contributed by atoms with Gasteiger partial charge in [0, 0.05) is 5.38 Å². The molecule has 0 spiro atoms. The average molecular weight is 138 g/mol. The van der Waals surface area contributed by atoms with Crippen LogP contribution < -0.4 is 0 Å². The summed E-state index contributed by atoms with van der Waals surface area (Å²) in [5.74, 6) is 0. The summed E-state index contributed by atoms with van der Waals surface area (Å²) >= 11 is 6.11. The van der Waals surface area contributed by atoms with Crippen molar-refractivity contribution < 1.29 is 4.39 Å². The second kappa shape index (κ2) is 1.76. The summed E-state index contributed by atoms with van der Waals surface area (Å²) < 4.78 is 11.8. The van der Waals surface area contributed by atoms with Gasteiger partial charge in [0.05, 0.1) is 0 Å². The zero-order chi connectivity index (χ0) is 5.28. The fraction of sp³-hybridized carbons (Fsp3) is 0. The van der Waals surface area contributed by atoms with E-state index in [0.717, 1.165) is 11.3 Å². The topological polar surface area (TPSA) is 12.9 Å². The third-order valence-corrected chi connectivity index (χ3v) is 1.40. The number of hydrogen-bond donors (Lipinski definition) is 0. The molecule has 0 unspecified atom stereocenters. The highest BCUT2D eigenvalue weighted by molar-refractivity contribution is 7.08. The van der Waals surface area contributed by atoms with Gasteiger partial charge in [-0.2, -0.15) is 9.37 Å². The lowest BCUT2D eigenvalue weighted by molar-refractivity contribution is 0.617. The van der Waals surface area contributed by atoms with Gasteiger partial charge in [0.1, 0.15) is 5.15 Å². The Balaban J connectivity index is 3.04. The molecule has 7 heavy (non-hydrogen) atoms. The van der Waals surface area contributed by atoms with Crippen LogP contribution in [-0.4, -0.2) is 4.98 Å². The predicted molar refractivity (Wildman–Crippen MR) is 27.1 cm³/mol. The molecule has 0 aliphatic heterocycles. The minimum atomic E-state index is -0.481. The Bertz CT molecular complexity index is 147. The van der Waals surface area contributed by atoms with Crippen LogP contribution in [0, 0.1) is 5.26 Å². The smallest absolute Gasteiger partial charge is 0.198 e. The van der Waals surface area contributed by atoms with E-state index in [2.05, 4.69) is 4.98 Å². The first-order chi connectivity index (χ1) is 3.29. The molecule has 0 aromatic carbocycles. The van der Waals surface area contributed by atoms with Crippen molar-refractivity contribution in [3.05, 3.63) is 15.8 Å². The van der Waals surface area contributed by atoms with Gasteiger partial charge in [-0.05, 0) is 0 Å². The Labute approximate surface area is 48.8 Å². The molecule has 1 nitrogen and oxygen atoms in total. The summed E-state index contributed by atoms with van der Waals surface area (Å²) in [5, 5.41) is 1.18. The molecule has 0 saturated carbocycles. The summed E-state index contributed by atoms with van der Waals surface area (Å²) in [6, 6.07) is 0. The van der Waals surface area contributed by atoms with Crippen molar-refractivity contribution in [1.29, 1.82) is 0 Å². The van der Waals surface area contributed by atoms with Crippen LogP contribution in [0.1, 0.15) is 0 Å². The van der Waals surface area contributed by atoms with E-state index in [1.807, 2.05) is 0 Å². The van der Waals surface area contributed by atoms with E-state index in [1.165, 1.54) is 5.38 Å². The van der Waals surface area contributed by atoms with Gasteiger partial charge in [-0.1, -0.05) is 22.9 Å². The normalized spacial score (nSPS) is 9.43. The molecule has 38 valence electrons. The van der Waals surface area contributed by atoms with Gasteiger partial charge in [0.25, 0.3) is 5.26 Å². The molecule has 0 N–H and O–H groups in total. The largest absolute Gasteiger partial charge is 0.270 e. The van der Waals surface area contributed by atoms with Crippen molar-refractivity contribution in [3.63, 3.8) is 0 Å². The van der Waals surface area contributed by atoms with Crippen molar-refractivity contribution in [3.8, 4) is 0 Å². The van der Waals surface area contributed by atoms with Gasteiger partial charge >= 0.3 is 0 Å². The molecule has 0 aliphatic carbocycles. The van der Waals surface area contributed by atoms with E-state index in [4.69, 9.17) is 11.6 Å². The molecule has 1 aromatic heterocycles. The number of halogens is 2. The highest BCUT2D eigenvalue weighted by Crippen LogP contribution is 2.10. The van der Waals surface area contributed by atoms with Crippen LogP contribution in [0.4, 0.5) is 4.39 Å². The van der Waals surface area contributed by atoms with E-state index in [-0.39, 0.29) is 5.15 Å². The van der Waals surface area contributed by atoms with Crippen molar-refractivity contribution in [2.75, 3.05) is 0 Å². The SMILES string of the molecule is Fc1nc(Cl)cs1. The second-order valence-electron chi connectivity index (χ2n) is 0.923. The Morgan fingerprint density at radius 3 is 2.71 bits per heavy atom. The fourth-order valence-corrected chi connectivity index (χ4v) is 0.890. The molecule has 0 bridgehead atoms. The van der Waals surface area contributed by atoms with Crippen molar-refractivity contribution in [1.82, 2.24) is 4.98 Å². The molecular formula is C3HClFNS. The van der Waals surface area contributed by atoms with Gasteiger partial charge < -0.3 is 0 Å². The van der Waals surface area contributed by atoms with Crippen molar-refractivity contribution in [2.24, 2.45) is 0 Å². The highest BCUT2D eigenvalue weighted by Gasteiger charge is 1.92. The van der Waals surface area contributed by atoms with Crippen molar-refractivity contribution in [2.45, 2.75) is 0 Å². The molecule has 1 aromatic rings. The molecule has 0 saturated heterocycles. The minimum Gasteiger partial charge on any atom is -0.198 e. The lowest BCUT2D eigenvalue weighted by atomic mass is 11.0. The molecule has 0 aliphatic rings. The van der Waals surface area contributed by atoms with E-state index in [9.17, 15) is 4.39 Å². The molecule has 0 radical (unpaired) electrons. The summed E-state index contributed by atoms with van der Waals surface area (Å²) in [5.41, 5.74) is 0. The number of hydrogen-bond acceptors (Lipinski definition) is 2. The van der Waals surface area contributed by atoms with Crippen LogP contribution in [-0.2, 0) is 0 Å². The molecule has 1 rings (SSSR count). The summed E-state index contributed by atoms with van der Waals surface area (Å²) in [4.78, 5) is 3.23. The Morgan fingerprint density at radius 2 is 2.57 bits per heavy atom. The van der Waals surface area contributed by atoms with Crippen LogP contribution in [0.2, 0.25) is 5.15 Å². The van der Waals surface area contributed by atoms with Gasteiger partial charge in [0.2, 0.25) is 0 Å². The molecule has 0 fully saturated rings. The van der Waals surface area contributed by atoms with Crippen LogP contribution in [0.3, 0.4) is 0 Å². The monoisotopic (exact) mass is 137 g/mol. The summed E-state index contributed by atoms with van der Waals surface area (Å²) in [7, 11) is 0. The highest BCUT2D eigenvalue weighted by atomic mass is 35.5. The van der Waals surface area contributed by atoms with E-state index in [0.29, 0.717) is 0 Å². The van der Waals surface area contributed by atoms with Crippen LogP contribution >= 0.6 is 22.9 Å². The van der Waals surface area contributed by atoms with E-state index < -0.39 is 5.26 Å². The molecule has 0 amide bonds. The first kappa shape index (κ1) is 5.00. The summed E-state index contributed by atoms with van der Waals surface area (Å²) in [6.07, 6.45) is 0. The zero-order valence-electron chi connectivity index (χ0n) is 3.19. The third-order valence-electron chi connectivity index (χ3n) is 0.448. The van der Waals surface area contributed by atoms with E-state index in [1.54, 1.807) is 0 Å². The second-order valence-corrected chi connectivity index (χ2v) is 2.12. The Hall–Kier alpha value is -0.150. The quantitative estimate of drug-likeness (QED) is 0.533. The van der Waals surface area contributed by atoms with Gasteiger partial charge in [-0.3, -0.25) is 0 Å². The van der Waals surface area contributed by atoms with Gasteiger partial charge in [-0.25, -0.2) is 0 Å². The molecule has 0 atom stereocenters. The maximum atomic E-state index is 11.8. The fourth-order valence-electron chi connectivity index (χ4n) is 0.234. The Morgan fingerprint density at radius 1 is 1.86 bits per heavy atom. The minimum absolute atomic E-state index is 0.225. The van der Waals surface area contributed by atoms with Gasteiger partial charge in [0.15, 0.2) is 0 Å². The average Bonchev–Trinajstić information content (AvgIpc) is 1.87. The lowest BCUT2D eigenvalue weighted by Gasteiger charge is -1.64. The first-order valence-electron chi connectivity index (χ1n) is 1.55. The number of aromatic nitrogens is 1. The van der Waals surface area contributed by atoms with Crippen LogP contribution in [0.25, 0.3) is 0 Å². The molecular weight excluding hydrogens is 137 g/mol. The Kier molecular flexibility index (Phi) is 1.25. The lowest BCUT2D eigenvalue weighted by Crippen LogP contribution is -1.62. The maximum absolute atomic E-state index is 11.8. The zero-order valence-corrected chi connectivity index (χ0v) is 4.76. The number of rotatable bonds is 0. The van der Waals surface area contributed by atoms with Crippen LogP contribution in [0.15, 0.2) is 5.38 Å². The summed E-state index contributed by atoms with van der Waals surface area (Å²) in [6.45, 7) is 0. The third kappa shape index (κ3) is 1.11. The number of nitrogens with zero attached hydrogens (tertiary/aromatic N) is 1. The predicted octanol–water partition coefficient (Wildman–Crippen LogP) is 1.94. The van der Waals surface area contributed by atoms with E-state index >= 15 is 0 Å². The van der Waals surface area contributed by atoms with Gasteiger partial charge in [-0.15, -0.1) is 0 Å².